The monoisotopic (exact) mass is 199 g/mol. The van der Waals surface area contributed by atoms with Crippen molar-refractivity contribution in [1.82, 2.24) is 9.97 Å². The Morgan fingerprint density at radius 1 is 1.43 bits per heavy atom. The average Bonchev–Trinajstić information content (AvgIpc) is 2.12. The number of nitrogens with zero attached hydrogens (tertiary/aromatic N) is 1. The fourth-order valence-corrected chi connectivity index (χ4v) is 1.09. The molecule has 0 fully saturated rings. The first-order valence-corrected chi connectivity index (χ1v) is 4.29. The van der Waals surface area contributed by atoms with E-state index in [9.17, 15) is 9.59 Å². The molecular weight excluding hydrogens is 186 g/mol. The minimum atomic E-state index is -0.525. The molecule has 1 aromatic rings. The number of anilines is 1. The van der Waals surface area contributed by atoms with E-state index >= 15 is 0 Å². The molecule has 78 valence electrons. The number of H-pyrrole nitrogens is 2. The van der Waals surface area contributed by atoms with Crippen LogP contribution in [-0.4, -0.2) is 35.3 Å². The van der Waals surface area contributed by atoms with Crippen molar-refractivity contribution in [3.63, 3.8) is 0 Å². The number of nitrogens with one attached hydrogen (secondary N) is 2. The smallest absolute Gasteiger partial charge is 0.327 e. The summed E-state index contributed by atoms with van der Waals surface area (Å²) in [5, 5.41) is 8.60. The van der Waals surface area contributed by atoms with Gasteiger partial charge >= 0.3 is 5.69 Å². The summed E-state index contributed by atoms with van der Waals surface area (Å²) in [6, 6.07) is 1.30. The predicted octanol–water partition coefficient (Wildman–Crippen LogP) is -1.12. The summed E-state index contributed by atoms with van der Waals surface area (Å²) in [4.78, 5) is 28.1. The molecule has 0 unspecified atom stereocenters. The third-order valence-corrected chi connectivity index (χ3v) is 1.81. The molecule has 0 aromatic carbocycles. The van der Waals surface area contributed by atoms with Crippen molar-refractivity contribution in [2.75, 3.05) is 25.1 Å². The molecule has 0 bridgehead atoms. The van der Waals surface area contributed by atoms with Gasteiger partial charge in [0, 0.05) is 26.3 Å². The van der Waals surface area contributed by atoms with Crippen LogP contribution in [0, 0.1) is 0 Å². The molecule has 1 heterocycles. The average molecular weight is 199 g/mol. The maximum Gasteiger partial charge on any atom is 0.327 e. The summed E-state index contributed by atoms with van der Waals surface area (Å²) in [5.74, 6) is 0.451. The van der Waals surface area contributed by atoms with E-state index in [4.69, 9.17) is 5.11 Å². The van der Waals surface area contributed by atoms with Gasteiger partial charge in [0.15, 0.2) is 0 Å². The maximum absolute atomic E-state index is 10.9. The normalized spacial score (nSPS) is 10.1. The Hall–Kier alpha value is -1.56. The second-order valence-electron chi connectivity index (χ2n) is 2.97. The van der Waals surface area contributed by atoms with Crippen LogP contribution in [0.4, 0.5) is 5.82 Å². The summed E-state index contributed by atoms with van der Waals surface area (Å²) in [5.41, 5.74) is -0.956. The lowest BCUT2D eigenvalue weighted by atomic mass is 10.4. The Kier molecular flexibility index (Phi) is 3.47. The van der Waals surface area contributed by atoms with Crippen LogP contribution in [0.1, 0.15) is 6.42 Å². The van der Waals surface area contributed by atoms with Gasteiger partial charge in [0.25, 0.3) is 5.56 Å². The minimum Gasteiger partial charge on any atom is -0.396 e. The van der Waals surface area contributed by atoms with E-state index in [2.05, 4.69) is 9.97 Å². The van der Waals surface area contributed by atoms with Crippen molar-refractivity contribution in [3.8, 4) is 0 Å². The van der Waals surface area contributed by atoms with Crippen molar-refractivity contribution in [3.05, 3.63) is 26.9 Å². The van der Waals surface area contributed by atoms with Crippen LogP contribution >= 0.6 is 0 Å². The van der Waals surface area contributed by atoms with Crippen molar-refractivity contribution in [2.24, 2.45) is 0 Å². The van der Waals surface area contributed by atoms with Gasteiger partial charge in [-0.1, -0.05) is 0 Å². The van der Waals surface area contributed by atoms with Gasteiger partial charge in [0.2, 0.25) is 0 Å². The number of aromatic amines is 2. The molecule has 1 aromatic heterocycles. The van der Waals surface area contributed by atoms with E-state index in [1.54, 1.807) is 11.9 Å². The molecular formula is C8H13N3O3. The Morgan fingerprint density at radius 3 is 2.71 bits per heavy atom. The van der Waals surface area contributed by atoms with Crippen molar-refractivity contribution >= 4 is 5.82 Å². The lowest BCUT2D eigenvalue weighted by molar-refractivity contribution is 0.290. The van der Waals surface area contributed by atoms with Crippen LogP contribution in [0.2, 0.25) is 0 Å². The van der Waals surface area contributed by atoms with Gasteiger partial charge in [-0.15, -0.1) is 0 Å². The van der Waals surface area contributed by atoms with Gasteiger partial charge in [0.05, 0.1) is 0 Å². The standard InChI is InChI=1S/C8H13N3O3/c1-11(3-2-4-12)6-5-7(13)10-8(14)9-6/h5,12H,2-4H2,1H3,(H2,9,10,13,14). The van der Waals surface area contributed by atoms with Crippen LogP contribution in [0.3, 0.4) is 0 Å². The van der Waals surface area contributed by atoms with Gasteiger partial charge in [-0.3, -0.25) is 14.8 Å². The highest BCUT2D eigenvalue weighted by Gasteiger charge is 2.02. The zero-order valence-corrected chi connectivity index (χ0v) is 7.91. The van der Waals surface area contributed by atoms with Gasteiger partial charge < -0.3 is 10.0 Å². The van der Waals surface area contributed by atoms with Crippen LogP contribution in [0.15, 0.2) is 15.7 Å². The molecule has 0 spiro atoms. The number of hydrogen-bond donors (Lipinski definition) is 3. The van der Waals surface area contributed by atoms with Gasteiger partial charge in [0.1, 0.15) is 5.82 Å². The second kappa shape index (κ2) is 4.61. The van der Waals surface area contributed by atoms with Crippen LogP contribution in [-0.2, 0) is 0 Å². The molecule has 14 heavy (non-hydrogen) atoms. The quantitative estimate of drug-likeness (QED) is 0.573. The lowest BCUT2D eigenvalue weighted by Gasteiger charge is -2.17. The molecule has 3 N–H and O–H groups in total. The van der Waals surface area contributed by atoms with Gasteiger partial charge in [-0.25, -0.2) is 4.79 Å². The molecule has 1 rings (SSSR count). The maximum atomic E-state index is 10.9. The van der Waals surface area contributed by atoms with Crippen molar-refractivity contribution < 1.29 is 5.11 Å². The predicted molar refractivity (Wildman–Crippen MR) is 52.7 cm³/mol. The largest absolute Gasteiger partial charge is 0.396 e. The van der Waals surface area contributed by atoms with E-state index in [1.165, 1.54) is 6.07 Å². The fraction of sp³-hybridized carbons (Fsp3) is 0.500. The van der Waals surface area contributed by atoms with E-state index in [0.717, 1.165) is 0 Å². The third-order valence-electron chi connectivity index (χ3n) is 1.81. The second-order valence-corrected chi connectivity index (χ2v) is 2.97. The summed E-state index contributed by atoms with van der Waals surface area (Å²) < 4.78 is 0. The first kappa shape index (κ1) is 10.5. The molecule has 0 amide bonds. The Balaban J connectivity index is 2.84. The molecule has 0 aliphatic heterocycles. The summed E-state index contributed by atoms with van der Waals surface area (Å²) in [6.07, 6.45) is 0.589. The molecule has 0 aliphatic carbocycles. The number of aliphatic hydroxyl groups is 1. The Labute approximate surface area is 80.2 Å². The molecule has 0 aliphatic rings. The Bertz CT molecular complexity index is 367. The molecule has 6 nitrogen and oxygen atoms in total. The molecule has 0 saturated carbocycles. The summed E-state index contributed by atoms with van der Waals surface area (Å²) in [6.45, 7) is 0.660. The minimum absolute atomic E-state index is 0.0811. The van der Waals surface area contributed by atoms with Gasteiger partial charge in [-0.2, -0.15) is 0 Å². The first-order valence-electron chi connectivity index (χ1n) is 4.29. The number of hydrogen-bond acceptors (Lipinski definition) is 4. The Morgan fingerprint density at radius 2 is 2.14 bits per heavy atom. The van der Waals surface area contributed by atoms with Crippen LogP contribution < -0.4 is 16.1 Å². The topological polar surface area (TPSA) is 89.2 Å². The number of aliphatic hydroxyl groups excluding tert-OH is 1. The highest BCUT2D eigenvalue weighted by atomic mass is 16.3. The first-order chi connectivity index (χ1) is 6.63. The molecule has 6 heteroatoms. The third kappa shape index (κ3) is 2.74. The molecule has 0 saturated heterocycles. The fourth-order valence-electron chi connectivity index (χ4n) is 1.09. The zero-order chi connectivity index (χ0) is 10.6. The lowest BCUT2D eigenvalue weighted by Crippen LogP contribution is -2.28. The van der Waals surface area contributed by atoms with E-state index < -0.39 is 11.2 Å². The number of aromatic nitrogens is 2. The van der Waals surface area contributed by atoms with E-state index in [0.29, 0.717) is 18.8 Å². The SMILES string of the molecule is CN(CCCO)c1cc(=O)[nH]c(=O)[nH]1. The molecule has 0 atom stereocenters. The highest BCUT2D eigenvalue weighted by Crippen LogP contribution is 2.01. The summed E-state index contributed by atoms with van der Waals surface area (Å²) >= 11 is 0. The van der Waals surface area contributed by atoms with Crippen LogP contribution in [0.5, 0.6) is 0 Å². The number of rotatable bonds is 4. The van der Waals surface area contributed by atoms with Gasteiger partial charge in [-0.05, 0) is 6.42 Å². The van der Waals surface area contributed by atoms with Crippen molar-refractivity contribution in [1.29, 1.82) is 0 Å². The highest BCUT2D eigenvalue weighted by molar-refractivity contribution is 5.34. The van der Waals surface area contributed by atoms with E-state index in [-0.39, 0.29) is 6.61 Å². The zero-order valence-electron chi connectivity index (χ0n) is 7.91. The summed E-state index contributed by atoms with van der Waals surface area (Å²) in [7, 11) is 1.74. The van der Waals surface area contributed by atoms with Crippen LogP contribution in [0.25, 0.3) is 0 Å². The van der Waals surface area contributed by atoms with Crippen molar-refractivity contribution in [2.45, 2.75) is 6.42 Å². The van der Waals surface area contributed by atoms with E-state index in [1.807, 2.05) is 0 Å². The molecule has 0 radical (unpaired) electrons.